The number of unbranched alkanes of at least 4 members (excludes halogenated alkanes) is 3. The molecule has 0 aliphatic rings. The minimum Gasteiger partial charge on any atom is -0.316 e. The quantitative estimate of drug-likeness (QED) is 0.364. The van der Waals surface area contributed by atoms with Crippen molar-refractivity contribution in [2.45, 2.75) is 43.0 Å². The summed E-state index contributed by atoms with van der Waals surface area (Å²) in [5.41, 5.74) is 0. The first-order chi connectivity index (χ1) is 9.26. The van der Waals surface area contributed by atoms with Crippen molar-refractivity contribution in [3.8, 4) is 0 Å². The Morgan fingerprint density at radius 1 is 1.26 bits per heavy atom. The average Bonchev–Trinajstić information content (AvgIpc) is 2.44. The van der Waals surface area contributed by atoms with Crippen LogP contribution < -0.4 is 5.32 Å². The van der Waals surface area contributed by atoms with E-state index < -0.39 is 0 Å². The first-order valence-corrected chi connectivity index (χ1v) is 8.29. The Bertz CT molecular complexity index is 350. The van der Waals surface area contributed by atoms with Gasteiger partial charge in [0.05, 0.1) is 0 Å². The van der Waals surface area contributed by atoms with Crippen LogP contribution in [0.3, 0.4) is 0 Å². The lowest BCUT2D eigenvalue weighted by molar-refractivity contribution is 0.526. The molecule has 106 valence electrons. The molecule has 1 atom stereocenters. The Morgan fingerprint density at radius 3 is 2.63 bits per heavy atom. The highest BCUT2D eigenvalue weighted by Gasteiger charge is 2.06. The molecule has 1 aromatic rings. The van der Waals surface area contributed by atoms with Crippen molar-refractivity contribution in [3.63, 3.8) is 0 Å². The van der Waals surface area contributed by atoms with E-state index in [9.17, 15) is 0 Å². The molecule has 1 N–H and O–H groups in total. The zero-order valence-electron chi connectivity index (χ0n) is 11.7. The molecule has 0 aromatic heterocycles. The Kier molecular flexibility index (Phi) is 9.06. The number of nitrogens with one attached hydrogen (secondary N) is 1. The molecule has 1 nitrogen and oxygen atoms in total. The van der Waals surface area contributed by atoms with Crippen LogP contribution in [0.25, 0.3) is 0 Å². The van der Waals surface area contributed by atoms with Crippen LogP contribution in [0, 0.1) is 0 Å². The monoisotopic (exact) mass is 297 g/mol. The smallest absolute Gasteiger partial charge is 0.0406 e. The van der Waals surface area contributed by atoms with Crippen LogP contribution in [0.2, 0.25) is 5.02 Å². The van der Waals surface area contributed by atoms with E-state index in [1.807, 2.05) is 30.0 Å². The fourth-order valence-corrected chi connectivity index (χ4v) is 3.08. The molecule has 0 spiro atoms. The van der Waals surface area contributed by atoms with Crippen LogP contribution >= 0.6 is 23.4 Å². The van der Waals surface area contributed by atoms with Crippen molar-refractivity contribution in [3.05, 3.63) is 41.9 Å². The highest BCUT2D eigenvalue weighted by Crippen LogP contribution is 2.22. The van der Waals surface area contributed by atoms with Gasteiger partial charge in [-0.15, -0.1) is 18.3 Å². The van der Waals surface area contributed by atoms with Crippen molar-refractivity contribution in [2.75, 3.05) is 12.8 Å². The molecule has 1 aromatic carbocycles. The fourth-order valence-electron chi connectivity index (χ4n) is 1.89. The van der Waals surface area contributed by atoms with Crippen LogP contribution in [0.4, 0.5) is 0 Å². The first-order valence-electron chi connectivity index (χ1n) is 6.92. The van der Waals surface area contributed by atoms with Crippen molar-refractivity contribution in [2.24, 2.45) is 0 Å². The Labute approximate surface area is 126 Å². The van der Waals surface area contributed by atoms with Crippen molar-refractivity contribution >= 4 is 23.4 Å². The molecule has 0 saturated heterocycles. The van der Waals surface area contributed by atoms with E-state index in [1.54, 1.807) is 0 Å². The largest absolute Gasteiger partial charge is 0.316 e. The minimum atomic E-state index is 0.587. The number of hydrogen-bond acceptors (Lipinski definition) is 2. The predicted molar refractivity (Wildman–Crippen MR) is 88.3 cm³/mol. The van der Waals surface area contributed by atoms with Gasteiger partial charge in [-0.2, -0.15) is 0 Å². The van der Waals surface area contributed by atoms with E-state index in [4.69, 9.17) is 11.6 Å². The molecule has 0 fully saturated rings. The van der Waals surface area contributed by atoms with Crippen LogP contribution in [0.15, 0.2) is 41.8 Å². The second-order valence-corrected chi connectivity index (χ2v) is 6.21. The number of allylic oxidation sites excluding steroid dienone is 1. The topological polar surface area (TPSA) is 12.0 Å². The van der Waals surface area contributed by atoms with Gasteiger partial charge in [-0.3, -0.25) is 0 Å². The summed E-state index contributed by atoms with van der Waals surface area (Å²) in [7, 11) is 2.05. The summed E-state index contributed by atoms with van der Waals surface area (Å²) in [6, 6.07) is 8.67. The third-order valence-corrected chi connectivity index (χ3v) is 4.56. The van der Waals surface area contributed by atoms with Gasteiger partial charge in [-0.25, -0.2) is 0 Å². The lowest BCUT2D eigenvalue weighted by atomic mass is 10.1. The molecule has 3 heteroatoms. The Balaban J connectivity index is 2.20. The van der Waals surface area contributed by atoms with E-state index in [1.165, 1.54) is 30.6 Å². The maximum atomic E-state index is 5.88. The van der Waals surface area contributed by atoms with E-state index >= 15 is 0 Å². The zero-order chi connectivity index (χ0) is 13.9. The molecule has 1 rings (SSSR count). The van der Waals surface area contributed by atoms with Gasteiger partial charge in [0.1, 0.15) is 0 Å². The molecular weight excluding hydrogens is 274 g/mol. The zero-order valence-corrected chi connectivity index (χ0v) is 13.3. The number of halogens is 1. The number of thioether (sulfide) groups is 1. The molecule has 1 unspecified atom stereocenters. The van der Waals surface area contributed by atoms with Gasteiger partial charge in [0.25, 0.3) is 0 Å². The van der Waals surface area contributed by atoms with E-state index in [0.717, 1.165) is 17.2 Å². The van der Waals surface area contributed by atoms with E-state index in [0.29, 0.717) is 6.04 Å². The molecule has 0 aliphatic heterocycles. The van der Waals surface area contributed by atoms with Gasteiger partial charge in [0.15, 0.2) is 0 Å². The molecule has 19 heavy (non-hydrogen) atoms. The second kappa shape index (κ2) is 10.4. The van der Waals surface area contributed by atoms with Crippen molar-refractivity contribution in [1.29, 1.82) is 0 Å². The van der Waals surface area contributed by atoms with Gasteiger partial charge in [-0.05, 0) is 50.6 Å². The minimum absolute atomic E-state index is 0.587. The lowest BCUT2D eigenvalue weighted by Gasteiger charge is -2.15. The molecule has 0 bridgehead atoms. The number of rotatable bonds is 10. The Morgan fingerprint density at radius 2 is 2.00 bits per heavy atom. The molecule has 0 aliphatic carbocycles. The highest BCUT2D eigenvalue weighted by atomic mass is 35.5. The molecule has 0 amide bonds. The molecule has 0 radical (unpaired) electrons. The highest BCUT2D eigenvalue weighted by molar-refractivity contribution is 7.99. The van der Waals surface area contributed by atoms with Gasteiger partial charge in [0.2, 0.25) is 0 Å². The maximum absolute atomic E-state index is 5.88. The van der Waals surface area contributed by atoms with Gasteiger partial charge < -0.3 is 5.32 Å². The van der Waals surface area contributed by atoms with Gasteiger partial charge in [0, 0.05) is 21.7 Å². The fraction of sp³-hybridized carbons (Fsp3) is 0.500. The SMILES string of the molecule is C=CCCCCCC(CSc1ccc(Cl)cc1)NC. The average molecular weight is 298 g/mol. The van der Waals surface area contributed by atoms with Crippen LogP contribution in [0.1, 0.15) is 32.1 Å². The lowest BCUT2D eigenvalue weighted by Crippen LogP contribution is -2.27. The third kappa shape index (κ3) is 7.66. The van der Waals surface area contributed by atoms with Crippen LogP contribution in [-0.2, 0) is 0 Å². The number of hydrogen-bond donors (Lipinski definition) is 1. The van der Waals surface area contributed by atoms with Crippen molar-refractivity contribution < 1.29 is 0 Å². The van der Waals surface area contributed by atoms with Gasteiger partial charge >= 0.3 is 0 Å². The summed E-state index contributed by atoms with van der Waals surface area (Å²) in [5, 5.41) is 4.21. The third-order valence-electron chi connectivity index (χ3n) is 3.13. The maximum Gasteiger partial charge on any atom is 0.0406 e. The standard InChI is InChI=1S/C16H24ClNS/c1-3-4-5-6-7-8-15(18-2)13-19-16-11-9-14(17)10-12-16/h3,9-12,15,18H,1,4-8,13H2,2H3. The summed E-state index contributed by atoms with van der Waals surface area (Å²) < 4.78 is 0. The summed E-state index contributed by atoms with van der Waals surface area (Å²) >= 11 is 7.78. The van der Waals surface area contributed by atoms with E-state index in [-0.39, 0.29) is 0 Å². The van der Waals surface area contributed by atoms with Gasteiger partial charge in [-0.1, -0.05) is 30.5 Å². The van der Waals surface area contributed by atoms with E-state index in [2.05, 4.69) is 31.1 Å². The first kappa shape index (κ1) is 16.6. The predicted octanol–water partition coefficient (Wildman–Crippen LogP) is 5.16. The summed E-state index contributed by atoms with van der Waals surface area (Å²) in [4.78, 5) is 1.29. The second-order valence-electron chi connectivity index (χ2n) is 4.68. The van der Waals surface area contributed by atoms with Crippen LogP contribution in [-0.4, -0.2) is 18.8 Å². The number of benzene rings is 1. The molecule has 0 heterocycles. The normalized spacial score (nSPS) is 12.3. The Hall–Kier alpha value is -0.440. The summed E-state index contributed by atoms with van der Waals surface area (Å²) in [5.74, 6) is 1.11. The summed E-state index contributed by atoms with van der Waals surface area (Å²) in [6.45, 7) is 3.75. The summed E-state index contributed by atoms with van der Waals surface area (Å²) in [6.07, 6.45) is 8.25. The van der Waals surface area contributed by atoms with Crippen LogP contribution in [0.5, 0.6) is 0 Å². The molecular formula is C16H24ClNS. The molecule has 0 saturated carbocycles. The van der Waals surface area contributed by atoms with Crippen molar-refractivity contribution in [1.82, 2.24) is 5.32 Å².